The van der Waals surface area contributed by atoms with E-state index in [0.29, 0.717) is 11.0 Å². The summed E-state index contributed by atoms with van der Waals surface area (Å²) in [5.74, 6) is 0. The van der Waals surface area contributed by atoms with Crippen LogP contribution in [0.25, 0.3) is 11.0 Å². The molecule has 3 nitrogen and oxygen atoms in total. The van der Waals surface area contributed by atoms with Gasteiger partial charge in [0.2, 0.25) is 5.43 Å². The number of nitriles is 1. The van der Waals surface area contributed by atoms with Crippen LogP contribution in [0, 0.1) is 11.3 Å². The first-order valence-corrected chi connectivity index (χ1v) is 4.70. The van der Waals surface area contributed by atoms with E-state index in [4.69, 9.17) is 9.68 Å². The first-order valence-electron chi connectivity index (χ1n) is 4.70. The van der Waals surface area contributed by atoms with Crippen LogP contribution in [0.4, 0.5) is 0 Å². The molecule has 1 heterocycles. The molecular weight excluding hydrogens is 190 g/mol. The molecule has 1 aromatic carbocycles. The number of hydrogen-bond acceptors (Lipinski definition) is 3. The summed E-state index contributed by atoms with van der Waals surface area (Å²) in [6.45, 7) is 2.01. The minimum Gasteiger partial charge on any atom is -0.463 e. The van der Waals surface area contributed by atoms with Crippen molar-refractivity contribution in [1.29, 1.82) is 5.26 Å². The number of nitrogens with zero attached hydrogens (tertiary/aromatic N) is 1. The van der Waals surface area contributed by atoms with Gasteiger partial charge in [0.1, 0.15) is 23.5 Å². The van der Waals surface area contributed by atoms with Crippen LogP contribution in [0.2, 0.25) is 0 Å². The molecule has 0 amide bonds. The Morgan fingerprint density at radius 3 is 2.93 bits per heavy atom. The lowest BCUT2D eigenvalue weighted by atomic mass is 10.1. The van der Waals surface area contributed by atoms with Crippen molar-refractivity contribution in [2.45, 2.75) is 13.3 Å². The maximum absolute atomic E-state index is 11.7. The lowest BCUT2D eigenvalue weighted by Gasteiger charge is -1.99. The summed E-state index contributed by atoms with van der Waals surface area (Å²) in [7, 11) is 0. The first-order chi connectivity index (χ1) is 7.26. The van der Waals surface area contributed by atoms with Gasteiger partial charge in [-0.05, 0) is 24.1 Å². The van der Waals surface area contributed by atoms with E-state index < -0.39 is 0 Å². The maximum Gasteiger partial charge on any atom is 0.210 e. The highest BCUT2D eigenvalue weighted by molar-refractivity contribution is 5.78. The van der Waals surface area contributed by atoms with Gasteiger partial charge in [-0.2, -0.15) is 5.26 Å². The lowest BCUT2D eigenvalue weighted by molar-refractivity contribution is 0.600. The number of aryl methyl sites for hydroxylation is 1. The van der Waals surface area contributed by atoms with Gasteiger partial charge in [0.25, 0.3) is 0 Å². The zero-order valence-electron chi connectivity index (χ0n) is 8.28. The second-order valence-electron chi connectivity index (χ2n) is 3.27. The monoisotopic (exact) mass is 199 g/mol. The molecule has 2 rings (SSSR count). The highest BCUT2D eigenvalue weighted by Crippen LogP contribution is 2.13. The zero-order valence-corrected chi connectivity index (χ0v) is 8.28. The molecule has 0 spiro atoms. The molecular formula is C12H9NO2. The molecule has 0 radical (unpaired) electrons. The number of benzene rings is 1. The Morgan fingerprint density at radius 2 is 2.27 bits per heavy atom. The van der Waals surface area contributed by atoms with E-state index in [1.807, 2.05) is 19.1 Å². The Morgan fingerprint density at radius 1 is 1.47 bits per heavy atom. The SMILES string of the molecule is CCc1ccc2occ(C#N)c(=O)c2c1. The van der Waals surface area contributed by atoms with Crippen LogP contribution in [0.15, 0.2) is 33.7 Å². The van der Waals surface area contributed by atoms with Gasteiger partial charge in [-0.1, -0.05) is 13.0 Å². The Hall–Kier alpha value is -2.08. The summed E-state index contributed by atoms with van der Waals surface area (Å²) in [5, 5.41) is 9.17. The highest BCUT2D eigenvalue weighted by Gasteiger charge is 2.06. The molecule has 0 N–H and O–H groups in total. The largest absolute Gasteiger partial charge is 0.463 e. The standard InChI is InChI=1S/C12H9NO2/c1-2-8-3-4-11-10(5-8)12(14)9(6-13)7-15-11/h3-5,7H,2H2,1H3. The van der Waals surface area contributed by atoms with E-state index in [9.17, 15) is 4.79 Å². The highest BCUT2D eigenvalue weighted by atomic mass is 16.3. The van der Waals surface area contributed by atoms with Crippen molar-refractivity contribution in [2.24, 2.45) is 0 Å². The Kier molecular flexibility index (Phi) is 2.26. The molecule has 15 heavy (non-hydrogen) atoms. The molecule has 0 aliphatic carbocycles. The Balaban J connectivity index is 2.85. The summed E-state index contributed by atoms with van der Waals surface area (Å²) in [6.07, 6.45) is 2.06. The summed E-state index contributed by atoms with van der Waals surface area (Å²) < 4.78 is 5.19. The topological polar surface area (TPSA) is 54.0 Å². The summed E-state index contributed by atoms with van der Waals surface area (Å²) in [6, 6.07) is 7.27. The lowest BCUT2D eigenvalue weighted by Crippen LogP contribution is -2.05. The Labute approximate surface area is 86.6 Å². The van der Waals surface area contributed by atoms with Gasteiger partial charge in [-0.25, -0.2) is 0 Å². The van der Waals surface area contributed by atoms with Gasteiger partial charge in [0.15, 0.2) is 0 Å². The average Bonchev–Trinajstić information content (AvgIpc) is 2.29. The van der Waals surface area contributed by atoms with Crippen LogP contribution in [-0.2, 0) is 6.42 Å². The van der Waals surface area contributed by atoms with Crippen LogP contribution in [0.1, 0.15) is 18.1 Å². The fourth-order valence-electron chi connectivity index (χ4n) is 1.48. The first kappa shape index (κ1) is 9.47. The minimum absolute atomic E-state index is 0.0516. The molecule has 1 aromatic heterocycles. The van der Waals surface area contributed by atoms with Gasteiger partial charge < -0.3 is 4.42 Å². The molecule has 0 aliphatic rings. The average molecular weight is 199 g/mol. The van der Waals surface area contributed by atoms with E-state index >= 15 is 0 Å². The molecule has 74 valence electrons. The van der Waals surface area contributed by atoms with E-state index in [1.54, 1.807) is 12.1 Å². The van der Waals surface area contributed by atoms with E-state index in [0.717, 1.165) is 12.0 Å². The van der Waals surface area contributed by atoms with Crippen LogP contribution < -0.4 is 5.43 Å². The number of rotatable bonds is 1. The molecule has 0 saturated carbocycles. The fraction of sp³-hybridized carbons (Fsp3) is 0.167. The zero-order chi connectivity index (χ0) is 10.8. The molecule has 0 atom stereocenters. The van der Waals surface area contributed by atoms with Gasteiger partial charge in [0.05, 0.1) is 5.39 Å². The van der Waals surface area contributed by atoms with Gasteiger partial charge >= 0.3 is 0 Å². The molecule has 0 aliphatic heterocycles. The predicted octanol–water partition coefficient (Wildman–Crippen LogP) is 2.23. The van der Waals surface area contributed by atoms with Crippen LogP contribution in [0.5, 0.6) is 0 Å². The van der Waals surface area contributed by atoms with Crippen molar-refractivity contribution in [3.8, 4) is 6.07 Å². The quantitative estimate of drug-likeness (QED) is 0.707. The predicted molar refractivity (Wildman–Crippen MR) is 56.6 cm³/mol. The third-order valence-corrected chi connectivity index (χ3v) is 2.37. The smallest absolute Gasteiger partial charge is 0.210 e. The van der Waals surface area contributed by atoms with Crippen LogP contribution in [0.3, 0.4) is 0 Å². The molecule has 3 heteroatoms. The normalized spacial score (nSPS) is 10.1. The van der Waals surface area contributed by atoms with Crippen molar-refractivity contribution in [3.63, 3.8) is 0 Å². The van der Waals surface area contributed by atoms with Crippen molar-refractivity contribution in [1.82, 2.24) is 0 Å². The third-order valence-electron chi connectivity index (χ3n) is 2.37. The summed E-state index contributed by atoms with van der Waals surface area (Å²) in [5.41, 5.74) is 1.38. The van der Waals surface area contributed by atoms with E-state index in [-0.39, 0.29) is 11.0 Å². The summed E-state index contributed by atoms with van der Waals surface area (Å²) >= 11 is 0. The maximum atomic E-state index is 11.7. The van der Waals surface area contributed by atoms with Crippen LogP contribution in [-0.4, -0.2) is 0 Å². The van der Waals surface area contributed by atoms with E-state index in [2.05, 4.69) is 0 Å². The molecule has 0 unspecified atom stereocenters. The van der Waals surface area contributed by atoms with Crippen molar-refractivity contribution in [3.05, 3.63) is 45.8 Å². The number of fused-ring (bicyclic) bond motifs is 1. The second kappa shape index (κ2) is 3.58. The van der Waals surface area contributed by atoms with Gasteiger partial charge in [0, 0.05) is 0 Å². The van der Waals surface area contributed by atoms with Gasteiger partial charge in [-0.3, -0.25) is 4.79 Å². The van der Waals surface area contributed by atoms with E-state index in [1.165, 1.54) is 6.26 Å². The van der Waals surface area contributed by atoms with Crippen LogP contribution >= 0.6 is 0 Å². The van der Waals surface area contributed by atoms with Crippen molar-refractivity contribution < 1.29 is 4.42 Å². The van der Waals surface area contributed by atoms with Crippen molar-refractivity contribution >= 4 is 11.0 Å². The molecule has 0 fully saturated rings. The van der Waals surface area contributed by atoms with Crippen molar-refractivity contribution in [2.75, 3.05) is 0 Å². The minimum atomic E-state index is -0.256. The molecule has 2 aromatic rings. The fourth-order valence-corrected chi connectivity index (χ4v) is 1.48. The molecule has 0 bridgehead atoms. The number of hydrogen-bond donors (Lipinski definition) is 0. The summed E-state index contributed by atoms with van der Waals surface area (Å²) in [4.78, 5) is 11.7. The molecule has 0 saturated heterocycles. The second-order valence-corrected chi connectivity index (χ2v) is 3.27. The van der Waals surface area contributed by atoms with Gasteiger partial charge in [-0.15, -0.1) is 0 Å². The third kappa shape index (κ3) is 1.50. The Bertz CT molecular complexity index is 605.